The van der Waals surface area contributed by atoms with Gasteiger partial charge in [-0.25, -0.2) is 0 Å². The maximum atomic E-state index is 11.3. The van der Waals surface area contributed by atoms with Crippen LogP contribution in [0.2, 0.25) is 0 Å². The summed E-state index contributed by atoms with van der Waals surface area (Å²) >= 11 is 0. The topological polar surface area (TPSA) is 54.9 Å². The largest absolute Gasteiger partial charge is 0.326 e. The highest BCUT2D eigenvalue weighted by Gasteiger charge is 2.03. The molecule has 174 valence electrons. The van der Waals surface area contributed by atoms with Gasteiger partial charge < -0.3 is 5.32 Å². The highest BCUT2D eigenvalue weighted by atomic mass is 16.1. The van der Waals surface area contributed by atoms with Crippen LogP contribution in [0.25, 0.3) is 11.0 Å². The minimum absolute atomic E-state index is 0.0844. The first-order valence-electron chi connectivity index (χ1n) is 11.7. The lowest BCUT2D eigenvalue weighted by Crippen LogP contribution is -2.13. The molecule has 31 heavy (non-hydrogen) atoms. The molecule has 4 nitrogen and oxygen atoms in total. The van der Waals surface area contributed by atoms with Crippen LogP contribution < -0.4 is 5.32 Å². The summed E-state index contributed by atoms with van der Waals surface area (Å²) < 4.78 is 0. The van der Waals surface area contributed by atoms with E-state index in [1.54, 1.807) is 12.4 Å². The van der Waals surface area contributed by atoms with Gasteiger partial charge in [0, 0.05) is 24.5 Å². The minimum Gasteiger partial charge on any atom is -0.326 e. The van der Waals surface area contributed by atoms with Crippen molar-refractivity contribution < 1.29 is 4.79 Å². The fourth-order valence-corrected chi connectivity index (χ4v) is 2.01. The number of rotatable bonds is 3. The predicted molar refractivity (Wildman–Crippen MR) is 139 cm³/mol. The Morgan fingerprint density at radius 1 is 0.710 bits per heavy atom. The second-order valence-corrected chi connectivity index (χ2v) is 5.56. The molecule has 0 atom stereocenters. The second-order valence-electron chi connectivity index (χ2n) is 5.56. The van der Waals surface area contributed by atoms with E-state index in [1.165, 1.54) is 0 Å². The fourth-order valence-electron chi connectivity index (χ4n) is 2.01. The Hall–Kier alpha value is -2.75. The number of carbonyl (C=O) groups is 1. The minimum atomic E-state index is 0.0844. The highest BCUT2D eigenvalue weighted by molar-refractivity contribution is 5.90. The number of nitrogens with zero attached hydrogens (tertiary/aromatic N) is 2. The van der Waals surface area contributed by atoms with Crippen LogP contribution in [0, 0.1) is 5.92 Å². The van der Waals surface area contributed by atoms with Crippen LogP contribution in [0.5, 0.6) is 0 Å². The molecule has 0 spiro atoms. The number of para-hydroxylation sites is 3. The zero-order valence-corrected chi connectivity index (χ0v) is 21.4. The standard InChI is InChI=1S/C11H15NO.C8H6N2.4C2H6/c1-9(2)8-11(13)12-10-6-4-3-5-7-10;1-2-4-8-7(3-1)9-5-6-10-8;4*1-2/h3-7,9H,8H2,1-2H3,(H,12,13);1-6H;4*1-2H3. The smallest absolute Gasteiger partial charge is 0.224 e. The molecule has 1 aromatic heterocycles. The quantitative estimate of drug-likeness (QED) is 0.456. The fraction of sp³-hybridized carbons (Fsp3) is 0.444. The molecule has 0 bridgehead atoms. The molecule has 0 fully saturated rings. The number of amides is 1. The van der Waals surface area contributed by atoms with Crippen LogP contribution in [0.3, 0.4) is 0 Å². The lowest BCUT2D eigenvalue weighted by molar-refractivity contribution is -0.116. The molecule has 1 amide bonds. The monoisotopic (exact) mass is 427 g/mol. The van der Waals surface area contributed by atoms with Gasteiger partial charge in [0.15, 0.2) is 0 Å². The van der Waals surface area contributed by atoms with Gasteiger partial charge >= 0.3 is 0 Å². The number of nitrogens with one attached hydrogen (secondary N) is 1. The van der Waals surface area contributed by atoms with Gasteiger partial charge in [0.1, 0.15) is 0 Å². The highest BCUT2D eigenvalue weighted by Crippen LogP contribution is 2.07. The van der Waals surface area contributed by atoms with Gasteiger partial charge in [0.25, 0.3) is 0 Å². The van der Waals surface area contributed by atoms with Gasteiger partial charge in [0.05, 0.1) is 11.0 Å². The van der Waals surface area contributed by atoms with Gasteiger partial charge in [0.2, 0.25) is 5.91 Å². The van der Waals surface area contributed by atoms with Crippen LogP contribution in [0.1, 0.15) is 75.7 Å². The summed E-state index contributed by atoms with van der Waals surface area (Å²) in [6, 6.07) is 17.3. The lowest BCUT2D eigenvalue weighted by atomic mass is 10.1. The first-order valence-corrected chi connectivity index (χ1v) is 11.7. The normalized spacial score (nSPS) is 8.23. The number of carbonyl (C=O) groups excluding carboxylic acids is 1. The molecule has 0 aliphatic rings. The second kappa shape index (κ2) is 25.3. The van der Waals surface area contributed by atoms with Gasteiger partial charge in [-0.3, -0.25) is 14.8 Å². The van der Waals surface area contributed by atoms with E-state index in [0.29, 0.717) is 12.3 Å². The van der Waals surface area contributed by atoms with Crippen molar-refractivity contribution in [1.29, 1.82) is 0 Å². The zero-order valence-electron chi connectivity index (χ0n) is 21.4. The van der Waals surface area contributed by atoms with Gasteiger partial charge in [-0.1, -0.05) is 99.6 Å². The number of fused-ring (bicyclic) bond motifs is 1. The van der Waals surface area contributed by atoms with Crippen LogP contribution in [-0.2, 0) is 4.79 Å². The molecular weight excluding hydrogens is 382 g/mol. The molecule has 0 aliphatic heterocycles. The Morgan fingerprint density at radius 3 is 1.48 bits per heavy atom. The first kappa shape index (κ1) is 32.9. The molecule has 0 saturated heterocycles. The maximum Gasteiger partial charge on any atom is 0.224 e. The molecule has 0 unspecified atom stereocenters. The number of aromatic nitrogens is 2. The molecule has 2 aromatic carbocycles. The van der Waals surface area contributed by atoms with Crippen molar-refractivity contribution >= 4 is 22.6 Å². The number of benzene rings is 2. The van der Waals surface area contributed by atoms with E-state index >= 15 is 0 Å². The number of hydrogen-bond acceptors (Lipinski definition) is 3. The van der Waals surface area contributed by atoms with E-state index in [9.17, 15) is 4.79 Å². The molecular formula is C27H45N3O. The lowest BCUT2D eigenvalue weighted by Gasteiger charge is -2.06. The van der Waals surface area contributed by atoms with Crippen LogP contribution in [0.4, 0.5) is 5.69 Å². The average Bonchev–Trinajstić information content (AvgIpc) is 2.85. The van der Waals surface area contributed by atoms with E-state index in [1.807, 2.05) is 124 Å². The average molecular weight is 428 g/mol. The van der Waals surface area contributed by atoms with Crippen molar-refractivity contribution in [2.75, 3.05) is 5.32 Å². The Kier molecular flexibility index (Phi) is 26.8. The van der Waals surface area contributed by atoms with Gasteiger partial charge in [-0.2, -0.15) is 0 Å². The van der Waals surface area contributed by atoms with Crippen molar-refractivity contribution in [3.8, 4) is 0 Å². The number of anilines is 1. The van der Waals surface area contributed by atoms with Crippen LogP contribution in [0.15, 0.2) is 67.0 Å². The summed E-state index contributed by atoms with van der Waals surface area (Å²) in [7, 11) is 0. The molecule has 0 saturated carbocycles. The summed E-state index contributed by atoms with van der Waals surface area (Å²) in [6.07, 6.45) is 3.97. The van der Waals surface area contributed by atoms with Crippen molar-refractivity contribution in [3.05, 3.63) is 67.0 Å². The van der Waals surface area contributed by atoms with Crippen molar-refractivity contribution in [1.82, 2.24) is 9.97 Å². The van der Waals surface area contributed by atoms with Gasteiger partial charge in [-0.05, 0) is 30.2 Å². The van der Waals surface area contributed by atoms with Crippen molar-refractivity contribution in [3.63, 3.8) is 0 Å². The molecule has 3 aromatic rings. The molecule has 1 N–H and O–H groups in total. The number of hydrogen-bond donors (Lipinski definition) is 1. The summed E-state index contributed by atoms with van der Waals surface area (Å²) in [5.41, 5.74) is 2.77. The zero-order chi connectivity index (χ0) is 24.5. The van der Waals surface area contributed by atoms with E-state index in [-0.39, 0.29) is 5.91 Å². The van der Waals surface area contributed by atoms with E-state index in [4.69, 9.17) is 0 Å². The summed E-state index contributed by atoms with van der Waals surface area (Å²) in [4.78, 5) is 19.5. The summed E-state index contributed by atoms with van der Waals surface area (Å²) in [6.45, 7) is 20.1. The van der Waals surface area contributed by atoms with Crippen LogP contribution >= 0.6 is 0 Å². The Morgan fingerprint density at radius 2 is 1.10 bits per heavy atom. The Labute approximate surface area is 191 Å². The Bertz CT molecular complexity index is 678. The third-order valence-electron chi connectivity index (χ3n) is 3.03. The van der Waals surface area contributed by atoms with Crippen molar-refractivity contribution in [2.45, 2.75) is 75.7 Å². The molecule has 0 radical (unpaired) electrons. The third-order valence-corrected chi connectivity index (χ3v) is 3.03. The van der Waals surface area contributed by atoms with Crippen molar-refractivity contribution in [2.24, 2.45) is 5.92 Å². The van der Waals surface area contributed by atoms with Gasteiger partial charge in [-0.15, -0.1) is 0 Å². The molecule has 4 heteroatoms. The predicted octanol–water partition coefficient (Wildman–Crippen LogP) is 8.41. The summed E-state index contributed by atoms with van der Waals surface area (Å²) in [5.74, 6) is 0.491. The Balaban J connectivity index is -0.000000388. The third kappa shape index (κ3) is 17.8. The molecule has 1 heterocycles. The van der Waals surface area contributed by atoms with E-state index < -0.39 is 0 Å². The van der Waals surface area contributed by atoms with E-state index in [2.05, 4.69) is 15.3 Å². The molecule has 3 rings (SSSR count). The first-order chi connectivity index (χ1) is 15.1. The maximum absolute atomic E-state index is 11.3. The van der Waals surface area contributed by atoms with Crippen LogP contribution in [-0.4, -0.2) is 15.9 Å². The van der Waals surface area contributed by atoms with E-state index in [0.717, 1.165) is 16.7 Å². The molecule has 0 aliphatic carbocycles. The summed E-state index contributed by atoms with van der Waals surface area (Å²) in [5, 5.41) is 2.83. The SMILES string of the molecule is CC.CC.CC.CC.CC(C)CC(=O)Nc1ccccc1.c1ccc2nccnc2c1.